The van der Waals surface area contributed by atoms with Crippen molar-refractivity contribution >= 4 is 11.3 Å². The molecule has 0 spiro atoms. The highest BCUT2D eigenvalue weighted by Gasteiger charge is 2.12. The molecule has 2 rings (SSSR count). The van der Waals surface area contributed by atoms with Crippen molar-refractivity contribution in [1.82, 2.24) is 15.5 Å². The van der Waals surface area contributed by atoms with Crippen LogP contribution >= 0.6 is 11.3 Å². The predicted molar refractivity (Wildman–Crippen MR) is 80.4 cm³/mol. The molecular formula is C14H19N3O2S. The maximum Gasteiger partial charge on any atom is 0.151 e. The Balaban J connectivity index is 2.23. The summed E-state index contributed by atoms with van der Waals surface area (Å²) in [7, 11) is 3.27. The molecule has 6 heteroatoms. The molecule has 1 N–H and O–H groups in total. The quantitative estimate of drug-likeness (QED) is 0.887. The molecule has 1 aromatic carbocycles. The summed E-state index contributed by atoms with van der Waals surface area (Å²) >= 11 is 1.57. The molecule has 0 atom stereocenters. The Hall–Kier alpha value is -1.66. The average molecular weight is 293 g/mol. The lowest BCUT2D eigenvalue weighted by Gasteiger charge is -2.07. The van der Waals surface area contributed by atoms with E-state index in [1.165, 1.54) is 0 Å². The predicted octanol–water partition coefficient (Wildman–Crippen LogP) is 2.72. The fraction of sp³-hybridized carbons (Fsp3) is 0.429. The Morgan fingerprint density at radius 2 is 2.00 bits per heavy atom. The van der Waals surface area contributed by atoms with E-state index in [0.717, 1.165) is 33.6 Å². The Kier molecular flexibility index (Phi) is 4.92. The zero-order valence-corrected chi connectivity index (χ0v) is 13.0. The van der Waals surface area contributed by atoms with Crippen molar-refractivity contribution in [3.63, 3.8) is 0 Å². The highest BCUT2D eigenvalue weighted by molar-refractivity contribution is 7.14. The summed E-state index contributed by atoms with van der Waals surface area (Å²) in [6.45, 7) is 4.94. The van der Waals surface area contributed by atoms with Gasteiger partial charge in [-0.05, 0) is 12.1 Å². The molecule has 2 aromatic rings. The van der Waals surface area contributed by atoms with Crippen LogP contribution in [0.3, 0.4) is 0 Å². The topological polar surface area (TPSA) is 56.3 Å². The van der Waals surface area contributed by atoms with Gasteiger partial charge in [-0.1, -0.05) is 25.2 Å². The van der Waals surface area contributed by atoms with E-state index in [0.29, 0.717) is 6.04 Å². The van der Waals surface area contributed by atoms with E-state index >= 15 is 0 Å². The third-order valence-electron chi connectivity index (χ3n) is 2.77. The monoisotopic (exact) mass is 293 g/mol. The second-order valence-corrected chi connectivity index (χ2v) is 5.66. The molecule has 0 aliphatic heterocycles. The number of hydrogen-bond donors (Lipinski definition) is 1. The van der Waals surface area contributed by atoms with Crippen LogP contribution in [0.1, 0.15) is 18.9 Å². The van der Waals surface area contributed by atoms with E-state index in [2.05, 4.69) is 29.4 Å². The van der Waals surface area contributed by atoms with Gasteiger partial charge in [0.1, 0.15) is 16.5 Å². The van der Waals surface area contributed by atoms with Gasteiger partial charge < -0.3 is 14.8 Å². The number of hydrogen-bond acceptors (Lipinski definition) is 6. The van der Waals surface area contributed by atoms with Crippen LogP contribution < -0.4 is 14.8 Å². The molecule has 0 unspecified atom stereocenters. The molecule has 0 bridgehead atoms. The second-order valence-electron chi connectivity index (χ2n) is 4.60. The van der Waals surface area contributed by atoms with Crippen molar-refractivity contribution in [1.29, 1.82) is 0 Å². The van der Waals surface area contributed by atoms with Crippen molar-refractivity contribution in [3.05, 3.63) is 23.2 Å². The molecule has 0 aliphatic rings. The van der Waals surface area contributed by atoms with Crippen LogP contribution in [-0.2, 0) is 6.54 Å². The Labute approximate surface area is 123 Å². The highest BCUT2D eigenvalue weighted by atomic mass is 32.1. The molecule has 0 saturated heterocycles. The van der Waals surface area contributed by atoms with E-state index < -0.39 is 0 Å². The van der Waals surface area contributed by atoms with E-state index in [1.54, 1.807) is 25.6 Å². The summed E-state index contributed by atoms with van der Waals surface area (Å²) in [6.07, 6.45) is 0. The van der Waals surface area contributed by atoms with Gasteiger partial charge in [-0.15, -0.1) is 10.2 Å². The minimum Gasteiger partial charge on any atom is -0.497 e. The lowest BCUT2D eigenvalue weighted by atomic mass is 10.2. The molecule has 1 aromatic heterocycles. The summed E-state index contributed by atoms with van der Waals surface area (Å²) in [5.74, 6) is 1.50. The first-order valence-corrected chi connectivity index (χ1v) is 7.24. The Morgan fingerprint density at radius 3 is 2.65 bits per heavy atom. The van der Waals surface area contributed by atoms with E-state index in [1.807, 2.05) is 18.2 Å². The van der Waals surface area contributed by atoms with Crippen molar-refractivity contribution in [2.24, 2.45) is 0 Å². The third-order valence-corrected chi connectivity index (χ3v) is 3.72. The van der Waals surface area contributed by atoms with E-state index in [4.69, 9.17) is 9.47 Å². The fourth-order valence-electron chi connectivity index (χ4n) is 1.70. The zero-order chi connectivity index (χ0) is 14.5. The fourth-order valence-corrected chi connectivity index (χ4v) is 2.52. The standard InChI is InChI=1S/C14H19N3O2S/c1-9(2)15-8-13-16-17-14(20-13)11-6-5-10(18-3)7-12(11)19-4/h5-7,9,15H,8H2,1-4H3. The molecule has 0 aliphatic carbocycles. The number of nitrogens with zero attached hydrogens (tertiary/aromatic N) is 2. The van der Waals surface area contributed by atoms with Crippen LogP contribution in [0.25, 0.3) is 10.6 Å². The van der Waals surface area contributed by atoms with Crippen LogP contribution in [0.4, 0.5) is 0 Å². The van der Waals surface area contributed by atoms with Gasteiger partial charge in [0.2, 0.25) is 0 Å². The summed E-state index contributed by atoms with van der Waals surface area (Å²) in [4.78, 5) is 0. The normalized spacial score (nSPS) is 10.8. The van der Waals surface area contributed by atoms with Crippen molar-refractivity contribution < 1.29 is 9.47 Å². The largest absolute Gasteiger partial charge is 0.497 e. The van der Waals surface area contributed by atoms with Crippen molar-refractivity contribution in [2.75, 3.05) is 14.2 Å². The minimum absolute atomic E-state index is 0.429. The SMILES string of the molecule is COc1ccc(-c2nnc(CNC(C)C)s2)c(OC)c1. The maximum absolute atomic E-state index is 5.39. The highest BCUT2D eigenvalue weighted by Crippen LogP contribution is 2.34. The van der Waals surface area contributed by atoms with E-state index in [-0.39, 0.29) is 0 Å². The molecule has 108 valence electrons. The average Bonchev–Trinajstić information content (AvgIpc) is 2.93. The van der Waals surface area contributed by atoms with Gasteiger partial charge in [-0.25, -0.2) is 0 Å². The van der Waals surface area contributed by atoms with Crippen molar-refractivity contribution in [3.8, 4) is 22.1 Å². The molecule has 0 radical (unpaired) electrons. The van der Waals surface area contributed by atoms with Gasteiger partial charge in [0.05, 0.1) is 19.8 Å². The first kappa shape index (κ1) is 14.7. The van der Waals surface area contributed by atoms with Gasteiger partial charge in [0.25, 0.3) is 0 Å². The number of ether oxygens (including phenoxy) is 2. The molecule has 0 amide bonds. The lowest BCUT2D eigenvalue weighted by Crippen LogP contribution is -2.21. The molecule has 0 fully saturated rings. The number of rotatable bonds is 6. The van der Waals surface area contributed by atoms with Crippen LogP contribution in [0.15, 0.2) is 18.2 Å². The maximum atomic E-state index is 5.39. The first-order chi connectivity index (χ1) is 9.63. The van der Waals surface area contributed by atoms with Gasteiger partial charge >= 0.3 is 0 Å². The Morgan fingerprint density at radius 1 is 1.20 bits per heavy atom. The summed E-state index contributed by atoms with van der Waals surface area (Å²) in [5.41, 5.74) is 0.932. The molecule has 5 nitrogen and oxygen atoms in total. The molecule has 0 saturated carbocycles. The Bertz CT molecular complexity index is 569. The van der Waals surface area contributed by atoms with Crippen LogP contribution in [0.5, 0.6) is 11.5 Å². The lowest BCUT2D eigenvalue weighted by molar-refractivity contribution is 0.395. The summed E-state index contributed by atoms with van der Waals surface area (Å²) < 4.78 is 10.6. The summed E-state index contributed by atoms with van der Waals surface area (Å²) in [5, 5.41) is 13.6. The van der Waals surface area contributed by atoms with Gasteiger partial charge in [0.15, 0.2) is 5.01 Å². The minimum atomic E-state index is 0.429. The number of methoxy groups -OCH3 is 2. The molecule has 1 heterocycles. The van der Waals surface area contributed by atoms with Crippen molar-refractivity contribution in [2.45, 2.75) is 26.4 Å². The van der Waals surface area contributed by atoms with Crippen LogP contribution in [0, 0.1) is 0 Å². The molecule has 20 heavy (non-hydrogen) atoms. The number of aromatic nitrogens is 2. The van der Waals surface area contributed by atoms with Crippen LogP contribution in [0.2, 0.25) is 0 Å². The number of benzene rings is 1. The second kappa shape index (κ2) is 6.67. The third kappa shape index (κ3) is 3.46. The smallest absolute Gasteiger partial charge is 0.151 e. The zero-order valence-electron chi connectivity index (χ0n) is 12.1. The van der Waals surface area contributed by atoms with Crippen LogP contribution in [-0.4, -0.2) is 30.5 Å². The van der Waals surface area contributed by atoms with E-state index in [9.17, 15) is 0 Å². The number of nitrogens with one attached hydrogen (secondary N) is 1. The molecular weight excluding hydrogens is 274 g/mol. The van der Waals surface area contributed by atoms with Gasteiger partial charge in [-0.3, -0.25) is 0 Å². The summed E-state index contributed by atoms with van der Waals surface area (Å²) in [6, 6.07) is 6.11. The van der Waals surface area contributed by atoms with Gasteiger partial charge in [0, 0.05) is 18.7 Å². The van der Waals surface area contributed by atoms with Gasteiger partial charge in [-0.2, -0.15) is 0 Å². The first-order valence-electron chi connectivity index (χ1n) is 6.42.